The Hall–Kier alpha value is -3.18. The zero-order valence-electron chi connectivity index (χ0n) is 16.4. The van der Waals surface area contributed by atoms with Gasteiger partial charge in [0.05, 0.1) is 18.0 Å². The monoisotopic (exact) mass is 447 g/mol. The first-order valence-electron chi connectivity index (χ1n) is 9.04. The van der Waals surface area contributed by atoms with Crippen LogP contribution in [0.5, 0.6) is 5.75 Å². The second-order valence-corrected chi connectivity index (χ2v) is 8.34. The lowest BCUT2D eigenvalue weighted by molar-refractivity contribution is 0.0949. The molecular weight excluding hydrogens is 426 g/mol. The van der Waals surface area contributed by atoms with E-state index in [1.807, 2.05) is 6.92 Å². The van der Waals surface area contributed by atoms with Crippen molar-refractivity contribution in [3.05, 3.63) is 64.7 Å². The largest absolute Gasteiger partial charge is 0.494 e. The fraction of sp³-hybridized carbons (Fsp3) is 0.211. The molecule has 0 bridgehead atoms. The van der Waals surface area contributed by atoms with E-state index in [1.54, 1.807) is 23.7 Å². The van der Waals surface area contributed by atoms with Crippen molar-refractivity contribution in [2.45, 2.75) is 18.4 Å². The van der Waals surface area contributed by atoms with Gasteiger partial charge in [-0.2, -0.15) is 5.10 Å². The second kappa shape index (κ2) is 9.09. The third-order valence-electron chi connectivity index (χ3n) is 4.22. The SMILES string of the molecule is CCOc1ccc(S(=O)(=O)Nc2ccc(C(=O)NCc3n[nH]c(=S)n3C)cc2)cc1. The molecule has 3 aromatic rings. The van der Waals surface area contributed by atoms with Crippen LogP contribution < -0.4 is 14.8 Å². The summed E-state index contributed by atoms with van der Waals surface area (Å²) in [7, 11) is -2.01. The number of sulfonamides is 1. The number of ether oxygens (including phenoxy) is 1. The van der Waals surface area contributed by atoms with Crippen molar-refractivity contribution in [2.75, 3.05) is 11.3 Å². The number of amides is 1. The van der Waals surface area contributed by atoms with Crippen molar-refractivity contribution in [2.24, 2.45) is 7.05 Å². The van der Waals surface area contributed by atoms with Gasteiger partial charge in [-0.05, 0) is 67.7 Å². The molecule has 0 aliphatic heterocycles. The van der Waals surface area contributed by atoms with Gasteiger partial charge >= 0.3 is 0 Å². The van der Waals surface area contributed by atoms with Crippen LogP contribution >= 0.6 is 12.2 Å². The first-order chi connectivity index (χ1) is 14.3. The van der Waals surface area contributed by atoms with Gasteiger partial charge in [0, 0.05) is 18.3 Å². The first-order valence-corrected chi connectivity index (χ1v) is 10.9. The highest BCUT2D eigenvalue weighted by molar-refractivity contribution is 7.92. The molecule has 1 heterocycles. The van der Waals surface area contributed by atoms with Crippen molar-refractivity contribution in [3.63, 3.8) is 0 Å². The smallest absolute Gasteiger partial charge is 0.261 e. The highest BCUT2D eigenvalue weighted by Gasteiger charge is 2.15. The average molecular weight is 448 g/mol. The molecule has 0 aliphatic carbocycles. The van der Waals surface area contributed by atoms with Crippen LogP contribution in [0.4, 0.5) is 5.69 Å². The van der Waals surface area contributed by atoms with E-state index in [1.165, 1.54) is 36.4 Å². The number of anilines is 1. The molecule has 0 saturated carbocycles. The van der Waals surface area contributed by atoms with Gasteiger partial charge in [-0.15, -0.1) is 0 Å². The first kappa shape index (κ1) is 21.5. The van der Waals surface area contributed by atoms with Gasteiger partial charge in [-0.25, -0.2) is 8.42 Å². The van der Waals surface area contributed by atoms with Crippen LogP contribution in [0.25, 0.3) is 0 Å². The Labute approximate surface area is 179 Å². The van der Waals surface area contributed by atoms with E-state index in [0.29, 0.717) is 34.2 Å². The molecule has 1 aromatic heterocycles. The lowest BCUT2D eigenvalue weighted by Gasteiger charge is -2.10. The van der Waals surface area contributed by atoms with Crippen LogP contribution in [0.1, 0.15) is 23.1 Å². The topological polar surface area (TPSA) is 118 Å². The van der Waals surface area contributed by atoms with E-state index in [9.17, 15) is 13.2 Å². The Morgan fingerprint density at radius 1 is 1.17 bits per heavy atom. The highest BCUT2D eigenvalue weighted by Crippen LogP contribution is 2.19. The summed E-state index contributed by atoms with van der Waals surface area (Å²) in [4.78, 5) is 12.4. The number of carbonyl (C=O) groups is 1. The fourth-order valence-corrected chi connectivity index (χ4v) is 3.79. The molecule has 3 rings (SSSR count). The van der Waals surface area contributed by atoms with Gasteiger partial charge < -0.3 is 14.6 Å². The predicted octanol–water partition coefficient (Wildman–Crippen LogP) is 2.61. The van der Waals surface area contributed by atoms with Gasteiger partial charge in [0.25, 0.3) is 15.9 Å². The van der Waals surface area contributed by atoms with Crippen LogP contribution in [0, 0.1) is 4.77 Å². The van der Waals surface area contributed by atoms with E-state index >= 15 is 0 Å². The quantitative estimate of drug-likeness (QED) is 0.457. The normalized spacial score (nSPS) is 11.1. The number of benzene rings is 2. The van der Waals surface area contributed by atoms with Crippen LogP contribution in [-0.2, 0) is 23.6 Å². The number of hydrogen-bond acceptors (Lipinski definition) is 6. The van der Waals surface area contributed by atoms with E-state index < -0.39 is 10.0 Å². The minimum Gasteiger partial charge on any atom is -0.494 e. The van der Waals surface area contributed by atoms with Gasteiger partial charge in [0.2, 0.25) is 0 Å². The molecule has 0 aliphatic rings. The highest BCUT2D eigenvalue weighted by atomic mass is 32.2. The summed E-state index contributed by atoms with van der Waals surface area (Å²) in [6.07, 6.45) is 0. The molecule has 3 N–H and O–H groups in total. The van der Waals surface area contributed by atoms with Crippen molar-refractivity contribution in [1.29, 1.82) is 0 Å². The lowest BCUT2D eigenvalue weighted by atomic mass is 10.2. The summed E-state index contributed by atoms with van der Waals surface area (Å²) in [6.45, 7) is 2.55. The summed E-state index contributed by atoms with van der Waals surface area (Å²) in [5, 5.41) is 9.41. The maximum Gasteiger partial charge on any atom is 0.261 e. The third-order valence-corrected chi connectivity index (χ3v) is 5.99. The van der Waals surface area contributed by atoms with Gasteiger partial charge in [-0.3, -0.25) is 14.6 Å². The number of nitrogens with one attached hydrogen (secondary N) is 3. The number of carbonyl (C=O) groups excluding carboxylic acids is 1. The zero-order valence-corrected chi connectivity index (χ0v) is 18.0. The average Bonchev–Trinajstić information content (AvgIpc) is 3.05. The predicted molar refractivity (Wildman–Crippen MR) is 114 cm³/mol. The molecule has 0 atom stereocenters. The van der Waals surface area contributed by atoms with Crippen LogP contribution in [0.15, 0.2) is 53.4 Å². The van der Waals surface area contributed by atoms with Crippen molar-refractivity contribution in [1.82, 2.24) is 20.1 Å². The molecule has 0 radical (unpaired) electrons. The second-order valence-electron chi connectivity index (χ2n) is 6.27. The summed E-state index contributed by atoms with van der Waals surface area (Å²) in [6, 6.07) is 12.3. The van der Waals surface area contributed by atoms with Gasteiger partial charge in [-0.1, -0.05) is 0 Å². The summed E-state index contributed by atoms with van der Waals surface area (Å²) < 4.78 is 35.0. The van der Waals surface area contributed by atoms with E-state index in [-0.39, 0.29) is 17.3 Å². The standard InChI is InChI=1S/C19H21N5O4S2/c1-3-28-15-8-10-16(11-9-15)30(26,27)23-14-6-4-13(5-7-14)18(25)20-12-17-21-22-19(29)24(17)2/h4-11,23H,3,12H2,1-2H3,(H,20,25)(H,22,29). The molecule has 0 fully saturated rings. The fourth-order valence-electron chi connectivity index (χ4n) is 2.58. The molecule has 2 aromatic carbocycles. The number of nitrogens with zero attached hydrogens (tertiary/aromatic N) is 2. The Morgan fingerprint density at radius 3 is 2.40 bits per heavy atom. The van der Waals surface area contributed by atoms with Crippen LogP contribution in [0.3, 0.4) is 0 Å². The number of rotatable bonds is 8. The number of H-pyrrole nitrogens is 1. The summed E-state index contributed by atoms with van der Waals surface area (Å²) in [5.41, 5.74) is 0.727. The molecule has 1 amide bonds. The maximum absolute atomic E-state index is 12.5. The molecule has 0 spiro atoms. The van der Waals surface area contributed by atoms with Crippen molar-refractivity contribution >= 4 is 33.8 Å². The van der Waals surface area contributed by atoms with E-state index in [4.69, 9.17) is 17.0 Å². The van der Waals surface area contributed by atoms with Crippen LogP contribution in [0.2, 0.25) is 0 Å². The Kier molecular flexibility index (Phi) is 6.53. The minimum absolute atomic E-state index is 0.112. The lowest BCUT2D eigenvalue weighted by Crippen LogP contribution is -2.24. The minimum atomic E-state index is -3.76. The van der Waals surface area contributed by atoms with E-state index in [0.717, 1.165) is 0 Å². The number of hydrogen-bond donors (Lipinski definition) is 3. The molecular formula is C19H21N5O4S2. The maximum atomic E-state index is 12.5. The van der Waals surface area contributed by atoms with Gasteiger partial charge in [0.1, 0.15) is 5.75 Å². The molecule has 30 heavy (non-hydrogen) atoms. The molecule has 11 heteroatoms. The Bertz CT molecular complexity index is 1180. The molecule has 158 valence electrons. The summed E-state index contributed by atoms with van der Waals surface area (Å²) in [5.74, 6) is 0.872. The zero-order chi connectivity index (χ0) is 21.7. The van der Waals surface area contributed by atoms with Gasteiger partial charge in [0.15, 0.2) is 10.6 Å². The molecule has 0 unspecified atom stereocenters. The Morgan fingerprint density at radius 2 is 1.83 bits per heavy atom. The Balaban J connectivity index is 1.63. The van der Waals surface area contributed by atoms with Crippen molar-refractivity contribution in [3.8, 4) is 5.75 Å². The van der Waals surface area contributed by atoms with Crippen molar-refractivity contribution < 1.29 is 17.9 Å². The van der Waals surface area contributed by atoms with Crippen LogP contribution in [-0.4, -0.2) is 35.7 Å². The number of aromatic amines is 1. The molecule has 0 saturated heterocycles. The molecule has 9 nitrogen and oxygen atoms in total. The third kappa shape index (κ3) is 5.05. The number of aromatic nitrogens is 3. The van der Waals surface area contributed by atoms with E-state index in [2.05, 4.69) is 20.2 Å². The summed E-state index contributed by atoms with van der Waals surface area (Å²) >= 11 is 5.03.